The molecule has 0 saturated carbocycles. The van der Waals surface area contributed by atoms with Gasteiger partial charge in [-0.05, 0) is 32.0 Å². The maximum atomic E-state index is 5.55. The van der Waals surface area contributed by atoms with Gasteiger partial charge in [0.05, 0.1) is 18.3 Å². The van der Waals surface area contributed by atoms with Crippen molar-refractivity contribution >= 4 is 10.9 Å². The van der Waals surface area contributed by atoms with Crippen molar-refractivity contribution in [2.45, 2.75) is 32.9 Å². The van der Waals surface area contributed by atoms with Crippen LogP contribution in [0.1, 0.15) is 29.3 Å². The van der Waals surface area contributed by atoms with Gasteiger partial charge in [-0.15, -0.1) is 0 Å². The van der Waals surface area contributed by atoms with E-state index in [1.165, 1.54) is 5.56 Å². The zero-order valence-electron chi connectivity index (χ0n) is 12.7. The first-order chi connectivity index (χ1) is 10.8. The Balaban J connectivity index is 1.61. The molecule has 1 aliphatic heterocycles. The second-order valence-corrected chi connectivity index (χ2v) is 5.93. The summed E-state index contributed by atoms with van der Waals surface area (Å²) < 4.78 is 5.55. The Morgan fingerprint density at radius 3 is 3.05 bits per heavy atom. The minimum atomic E-state index is 0.788. The molecule has 0 fully saturated rings. The first kappa shape index (κ1) is 13.5. The van der Waals surface area contributed by atoms with Gasteiger partial charge in [0.1, 0.15) is 11.6 Å². The van der Waals surface area contributed by atoms with E-state index in [9.17, 15) is 0 Å². The van der Waals surface area contributed by atoms with Crippen molar-refractivity contribution in [1.82, 2.24) is 14.9 Å². The molecule has 112 valence electrons. The molecular weight excluding hydrogens is 274 g/mol. The van der Waals surface area contributed by atoms with Crippen molar-refractivity contribution < 1.29 is 4.42 Å². The molecule has 1 aromatic carbocycles. The van der Waals surface area contributed by atoms with Gasteiger partial charge in [0.15, 0.2) is 0 Å². The molecule has 4 rings (SSSR count). The monoisotopic (exact) mass is 293 g/mol. The third kappa shape index (κ3) is 2.50. The van der Waals surface area contributed by atoms with Crippen LogP contribution in [0.2, 0.25) is 0 Å². The number of benzene rings is 1. The lowest BCUT2D eigenvalue weighted by molar-refractivity contribution is 0.254. The van der Waals surface area contributed by atoms with Gasteiger partial charge in [0.25, 0.3) is 0 Å². The van der Waals surface area contributed by atoms with Crippen LogP contribution in [0.15, 0.2) is 41.0 Å². The molecule has 0 spiro atoms. The first-order valence-corrected chi connectivity index (χ1v) is 7.79. The van der Waals surface area contributed by atoms with E-state index in [2.05, 4.69) is 30.0 Å². The second-order valence-electron chi connectivity index (χ2n) is 5.93. The van der Waals surface area contributed by atoms with Gasteiger partial charge in [-0.2, -0.15) is 0 Å². The number of para-hydroxylation sites is 1. The number of hydrogen-bond acceptors (Lipinski definition) is 4. The average molecular weight is 293 g/mol. The fourth-order valence-corrected chi connectivity index (χ4v) is 3.21. The largest absolute Gasteiger partial charge is 0.469 e. The Labute approximate surface area is 129 Å². The van der Waals surface area contributed by atoms with Gasteiger partial charge in [0.2, 0.25) is 0 Å². The number of aryl methyl sites for hydroxylation is 2. The quantitative estimate of drug-likeness (QED) is 0.725. The van der Waals surface area contributed by atoms with Crippen molar-refractivity contribution in [3.05, 3.63) is 59.4 Å². The van der Waals surface area contributed by atoms with Gasteiger partial charge in [-0.25, -0.2) is 9.97 Å². The highest BCUT2D eigenvalue weighted by atomic mass is 16.3. The highest BCUT2D eigenvalue weighted by Crippen LogP contribution is 2.21. The summed E-state index contributed by atoms with van der Waals surface area (Å²) in [6, 6.07) is 10.3. The van der Waals surface area contributed by atoms with E-state index >= 15 is 0 Å². The Morgan fingerprint density at radius 2 is 2.09 bits per heavy atom. The molecule has 3 heterocycles. The van der Waals surface area contributed by atoms with E-state index < -0.39 is 0 Å². The third-order valence-electron chi connectivity index (χ3n) is 4.31. The maximum Gasteiger partial charge on any atom is 0.143 e. The van der Waals surface area contributed by atoms with Crippen LogP contribution in [-0.2, 0) is 19.5 Å². The molecule has 0 aliphatic carbocycles. The number of furan rings is 1. The van der Waals surface area contributed by atoms with Crippen molar-refractivity contribution in [1.29, 1.82) is 0 Å². The lowest BCUT2D eigenvalue weighted by atomic mass is 10.2. The number of nitrogens with zero attached hydrogens (tertiary/aromatic N) is 3. The molecule has 0 saturated heterocycles. The summed E-state index contributed by atoms with van der Waals surface area (Å²) in [5.41, 5.74) is 3.39. The van der Waals surface area contributed by atoms with E-state index in [1.807, 2.05) is 12.1 Å². The van der Waals surface area contributed by atoms with Gasteiger partial charge in [-0.3, -0.25) is 4.90 Å². The van der Waals surface area contributed by atoms with Crippen LogP contribution >= 0.6 is 0 Å². The van der Waals surface area contributed by atoms with Crippen LogP contribution in [0.5, 0.6) is 0 Å². The topological polar surface area (TPSA) is 42.2 Å². The minimum Gasteiger partial charge on any atom is -0.469 e. The molecule has 1 aliphatic rings. The molecule has 0 N–H and O–H groups in total. The fraction of sp³-hybridized carbons (Fsp3) is 0.333. The van der Waals surface area contributed by atoms with E-state index in [0.29, 0.717) is 0 Å². The summed E-state index contributed by atoms with van der Waals surface area (Å²) in [5.74, 6) is 2.04. The smallest absolute Gasteiger partial charge is 0.143 e. The highest BCUT2D eigenvalue weighted by Gasteiger charge is 2.17. The van der Waals surface area contributed by atoms with Crippen molar-refractivity contribution in [2.75, 3.05) is 6.54 Å². The Morgan fingerprint density at radius 1 is 1.18 bits per heavy atom. The number of fused-ring (bicyclic) bond motifs is 2. The standard InChI is InChI=1S/C18H19N3O/c1-13-15-5-2-3-6-16(15)20-18(19-13)12-21-9-4-7-17-14(11-21)8-10-22-17/h2-3,5-6,8,10H,4,7,9,11-12H2,1H3. The van der Waals surface area contributed by atoms with E-state index in [-0.39, 0.29) is 0 Å². The predicted molar refractivity (Wildman–Crippen MR) is 85.4 cm³/mol. The minimum absolute atomic E-state index is 0.788. The van der Waals surface area contributed by atoms with Crippen molar-refractivity contribution in [3.8, 4) is 0 Å². The lowest BCUT2D eigenvalue weighted by Crippen LogP contribution is -2.24. The van der Waals surface area contributed by atoms with E-state index in [0.717, 1.165) is 60.7 Å². The summed E-state index contributed by atoms with van der Waals surface area (Å²) in [5, 5.41) is 1.14. The molecular formula is C18H19N3O. The molecule has 0 unspecified atom stereocenters. The summed E-state index contributed by atoms with van der Waals surface area (Å²) in [6.45, 7) is 4.82. The molecule has 0 atom stereocenters. The molecule has 3 aromatic rings. The van der Waals surface area contributed by atoms with Gasteiger partial charge < -0.3 is 4.42 Å². The van der Waals surface area contributed by atoms with E-state index in [4.69, 9.17) is 14.4 Å². The zero-order valence-corrected chi connectivity index (χ0v) is 12.7. The van der Waals surface area contributed by atoms with Crippen molar-refractivity contribution in [3.63, 3.8) is 0 Å². The first-order valence-electron chi connectivity index (χ1n) is 7.79. The molecule has 22 heavy (non-hydrogen) atoms. The predicted octanol–water partition coefficient (Wildman–Crippen LogP) is 3.48. The average Bonchev–Trinajstić information content (AvgIpc) is 2.86. The van der Waals surface area contributed by atoms with Gasteiger partial charge in [-0.1, -0.05) is 18.2 Å². The summed E-state index contributed by atoms with van der Waals surface area (Å²) in [7, 11) is 0. The van der Waals surface area contributed by atoms with Crippen LogP contribution < -0.4 is 0 Å². The highest BCUT2D eigenvalue weighted by molar-refractivity contribution is 5.80. The summed E-state index contributed by atoms with van der Waals surface area (Å²) in [4.78, 5) is 11.8. The number of rotatable bonds is 2. The molecule has 0 radical (unpaired) electrons. The molecule has 0 bridgehead atoms. The fourth-order valence-electron chi connectivity index (χ4n) is 3.21. The van der Waals surface area contributed by atoms with Crippen LogP contribution in [0.3, 0.4) is 0 Å². The summed E-state index contributed by atoms with van der Waals surface area (Å²) >= 11 is 0. The summed E-state index contributed by atoms with van der Waals surface area (Å²) in [6.07, 6.45) is 3.94. The Kier molecular flexibility index (Phi) is 3.39. The maximum absolute atomic E-state index is 5.55. The second kappa shape index (κ2) is 5.54. The Hall–Kier alpha value is -2.20. The molecule has 0 amide bonds. The van der Waals surface area contributed by atoms with E-state index in [1.54, 1.807) is 6.26 Å². The number of hydrogen-bond donors (Lipinski definition) is 0. The molecule has 4 nitrogen and oxygen atoms in total. The molecule has 2 aromatic heterocycles. The normalized spacial score (nSPS) is 15.7. The SMILES string of the molecule is Cc1nc(CN2CCCc3occc3C2)nc2ccccc12. The molecule has 4 heteroatoms. The van der Waals surface area contributed by atoms with Gasteiger partial charge >= 0.3 is 0 Å². The van der Waals surface area contributed by atoms with Crippen molar-refractivity contribution in [2.24, 2.45) is 0 Å². The number of aromatic nitrogens is 2. The van der Waals surface area contributed by atoms with Gasteiger partial charge in [0, 0.05) is 29.6 Å². The Bertz CT molecular complexity index is 809. The van der Waals surface area contributed by atoms with Crippen LogP contribution in [0.25, 0.3) is 10.9 Å². The lowest BCUT2D eigenvalue weighted by Gasteiger charge is -2.19. The van der Waals surface area contributed by atoms with Crippen LogP contribution in [0.4, 0.5) is 0 Å². The zero-order chi connectivity index (χ0) is 14.9. The van der Waals surface area contributed by atoms with Crippen LogP contribution in [0, 0.1) is 6.92 Å². The third-order valence-corrected chi connectivity index (χ3v) is 4.31. The van der Waals surface area contributed by atoms with Crippen LogP contribution in [-0.4, -0.2) is 21.4 Å².